The number of nitrogens with zero attached hydrogens (tertiary/aromatic N) is 4. The monoisotopic (exact) mass is 436 g/mol. The molecule has 2 N–H and O–H groups in total. The van der Waals surface area contributed by atoms with Crippen molar-refractivity contribution >= 4 is 34.3 Å². The predicted molar refractivity (Wildman–Crippen MR) is 121 cm³/mol. The Balaban J connectivity index is 1.28. The fraction of sp³-hybridized carbons (Fsp3) is 0.409. The number of amides is 1. The molecule has 5 rings (SSSR count). The molecule has 8 nitrogen and oxygen atoms in total. The van der Waals surface area contributed by atoms with E-state index in [1.165, 1.54) is 19.3 Å². The van der Waals surface area contributed by atoms with Crippen LogP contribution in [0.25, 0.3) is 11.0 Å². The molecular formula is C22H24N6O2S. The van der Waals surface area contributed by atoms with Crippen LogP contribution in [0.1, 0.15) is 60.2 Å². The third-order valence-corrected chi connectivity index (χ3v) is 6.57. The molecule has 3 aromatic rings. The number of aromatic nitrogens is 4. The van der Waals surface area contributed by atoms with Gasteiger partial charge in [-0.2, -0.15) is 5.10 Å². The van der Waals surface area contributed by atoms with Gasteiger partial charge in [0.15, 0.2) is 10.8 Å². The van der Waals surface area contributed by atoms with Crippen molar-refractivity contribution in [2.75, 3.05) is 13.1 Å². The van der Waals surface area contributed by atoms with Crippen molar-refractivity contribution in [2.45, 2.75) is 44.1 Å². The van der Waals surface area contributed by atoms with Gasteiger partial charge in [0, 0.05) is 18.7 Å². The van der Waals surface area contributed by atoms with Gasteiger partial charge in [-0.05, 0) is 37.2 Å². The summed E-state index contributed by atoms with van der Waals surface area (Å²) in [6, 6.07) is 9.29. The molecule has 0 bridgehead atoms. The van der Waals surface area contributed by atoms with E-state index in [0.717, 1.165) is 12.8 Å². The second-order valence-corrected chi connectivity index (χ2v) is 8.68. The lowest BCUT2D eigenvalue weighted by atomic mass is 9.96. The van der Waals surface area contributed by atoms with Crippen molar-refractivity contribution in [1.82, 2.24) is 30.0 Å². The predicted octanol–water partition coefficient (Wildman–Crippen LogP) is 2.74. The standard InChI is InChI=1S/C22H24N6O2S/c29-20(14-7-3-1-4-8-14)26-22(31)27-12-15(13-27)18-24-19-17(21(30)25-18)11-23-28(19)16-9-5-2-6-10-16/h1,3-4,7-8,11,15-16H,2,5-6,9-10,12-13H2,(H,24,25,30)(H,26,29,31). The quantitative estimate of drug-likeness (QED) is 0.613. The van der Waals surface area contributed by atoms with E-state index in [1.807, 2.05) is 27.8 Å². The van der Waals surface area contributed by atoms with E-state index in [-0.39, 0.29) is 17.4 Å². The number of thiocarbonyl (C=S) groups is 1. The zero-order valence-electron chi connectivity index (χ0n) is 17.1. The molecule has 1 aliphatic carbocycles. The van der Waals surface area contributed by atoms with Gasteiger partial charge in [0.1, 0.15) is 11.2 Å². The molecule has 0 spiro atoms. The minimum absolute atomic E-state index is 0.0541. The average molecular weight is 437 g/mol. The van der Waals surface area contributed by atoms with Gasteiger partial charge in [0.25, 0.3) is 11.5 Å². The zero-order valence-corrected chi connectivity index (χ0v) is 17.9. The van der Waals surface area contributed by atoms with Crippen LogP contribution in [0.15, 0.2) is 41.3 Å². The van der Waals surface area contributed by atoms with Crippen molar-refractivity contribution in [3.05, 3.63) is 58.3 Å². The first-order chi connectivity index (χ1) is 15.1. The Morgan fingerprint density at radius 3 is 2.61 bits per heavy atom. The Morgan fingerprint density at radius 2 is 1.87 bits per heavy atom. The number of rotatable bonds is 3. The number of H-pyrrole nitrogens is 1. The number of aromatic amines is 1. The molecule has 9 heteroatoms. The number of hydrogen-bond acceptors (Lipinski definition) is 5. The van der Waals surface area contributed by atoms with Gasteiger partial charge >= 0.3 is 0 Å². The maximum atomic E-state index is 12.6. The number of benzene rings is 1. The lowest BCUT2D eigenvalue weighted by Crippen LogP contribution is -2.54. The number of likely N-dealkylation sites (tertiary alicyclic amines) is 1. The largest absolute Gasteiger partial charge is 0.347 e. The minimum atomic E-state index is -0.224. The van der Waals surface area contributed by atoms with Crippen LogP contribution in [-0.2, 0) is 0 Å². The van der Waals surface area contributed by atoms with E-state index in [1.54, 1.807) is 18.3 Å². The summed E-state index contributed by atoms with van der Waals surface area (Å²) in [5, 5.41) is 8.18. The van der Waals surface area contributed by atoms with E-state index < -0.39 is 0 Å². The van der Waals surface area contributed by atoms with Crippen molar-refractivity contribution in [3.8, 4) is 0 Å². The van der Waals surface area contributed by atoms with Crippen molar-refractivity contribution < 1.29 is 4.79 Å². The SMILES string of the molecule is O=C(NC(=S)N1CC(c2nc3c(cnn3C3CCCCC3)c(=O)[nH]2)C1)c1ccccc1. The Labute approximate surface area is 184 Å². The number of nitrogens with one attached hydrogen (secondary N) is 2. The van der Waals surface area contributed by atoms with Crippen molar-refractivity contribution in [1.29, 1.82) is 0 Å². The molecule has 0 unspecified atom stereocenters. The van der Waals surface area contributed by atoms with Crippen LogP contribution in [0.5, 0.6) is 0 Å². The highest BCUT2D eigenvalue weighted by Crippen LogP contribution is 2.30. The van der Waals surface area contributed by atoms with Gasteiger partial charge < -0.3 is 9.88 Å². The summed E-state index contributed by atoms with van der Waals surface area (Å²) >= 11 is 5.39. The van der Waals surface area contributed by atoms with Gasteiger partial charge in [-0.25, -0.2) is 9.67 Å². The van der Waals surface area contributed by atoms with E-state index in [4.69, 9.17) is 17.2 Å². The third-order valence-electron chi connectivity index (χ3n) is 6.21. The second kappa shape index (κ2) is 8.22. The van der Waals surface area contributed by atoms with Gasteiger partial charge in [-0.1, -0.05) is 37.5 Å². The number of carbonyl (C=O) groups excluding carboxylic acids is 1. The van der Waals surface area contributed by atoms with E-state index in [2.05, 4.69) is 15.4 Å². The van der Waals surface area contributed by atoms with Gasteiger partial charge in [0.2, 0.25) is 0 Å². The lowest BCUT2D eigenvalue weighted by Gasteiger charge is -2.40. The highest BCUT2D eigenvalue weighted by atomic mass is 32.1. The molecular weight excluding hydrogens is 412 g/mol. The molecule has 2 aliphatic rings. The topological polar surface area (TPSA) is 95.9 Å². The molecule has 160 valence electrons. The molecule has 3 heterocycles. The summed E-state index contributed by atoms with van der Waals surface area (Å²) in [6.45, 7) is 1.19. The van der Waals surface area contributed by atoms with Crippen LogP contribution in [0, 0.1) is 0 Å². The van der Waals surface area contributed by atoms with Crippen LogP contribution >= 0.6 is 12.2 Å². The maximum absolute atomic E-state index is 12.6. The summed E-state index contributed by atoms with van der Waals surface area (Å²) in [5.74, 6) is 0.486. The number of hydrogen-bond donors (Lipinski definition) is 2. The van der Waals surface area contributed by atoms with Crippen LogP contribution in [0.4, 0.5) is 0 Å². The molecule has 0 radical (unpaired) electrons. The highest BCUT2D eigenvalue weighted by Gasteiger charge is 2.33. The Kier molecular flexibility index (Phi) is 5.27. The normalized spacial score (nSPS) is 17.5. The van der Waals surface area contributed by atoms with Gasteiger partial charge in [-0.15, -0.1) is 0 Å². The summed E-state index contributed by atoms with van der Waals surface area (Å²) < 4.78 is 1.94. The third kappa shape index (κ3) is 3.85. The fourth-order valence-corrected chi connectivity index (χ4v) is 4.64. The number of fused-ring (bicyclic) bond motifs is 1. The number of carbonyl (C=O) groups is 1. The van der Waals surface area contributed by atoms with E-state index >= 15 is 0 Å². The first-order valence-corrected chi connectivity index (χ1v) is 11.1. The Bertz CT molecular complexity index is 1180. The maximum Gasteiger partial charge on any atom is 0.262 e. The van der Waals surface area contributed by atoms with E-state index in [9.17, 15) is 9.59 Å². The molecule has 31 heavy (non-hydrogen) atoms. The summed E-state index contributed by atoms with van der Waals surface area (Å²) in [7, 11) is 0. The highest BCUT2D eigenvalue weighted by molar-refractivity contribution is 7.80. The molecule has 1 saturated carbocycles. The van der Waals surface area contributed by atoms with Crippen molar-refractivity contribution in [2.24, 2.45) is 0 Å². The lowest BCUT2D eigenvalue weighted by molar-refractivity contribution is 0.0969. The summed E-state index contributed by atoms with van der Waals surface area (Å²) in [5.41, 5.74) is 1.08. The van der Waals surface area contributed by atoms with Gasteiger partial charge in [0.05, 0.1) is 18.2 Å². The van der Waals surface area contributed by atoms with E-state index in [0.29, 0.717) is 46.7 Å². The molecule has 1 aromatic carbocycles. The smallest absolute Gasteiger partial charge is 0.262 e. The molecule has 1 aliphatic heterocycles. The van der Waals surface area contributed by atoms with Crippen LogP contribution in [0.2, 0.25) is 0 Å². The minimum Gasteiger partial charge on any atom is -0.347 e. The zero-order chi connectivity index (χ0) is 21.4. The van der Waals surface area contributed by atoms with Crippen LogP contribution in [0.3, 0.4) is 0 Å². The fourth-order valence-electron chi connectivity index (χ4n) is 4.39. The van der Waals surface area contributed by atoms with Gasteiger partial charge in [-0.3, -0.25) is 14.9 Å². The second-order valence-electron chi connectivity index (χ2n) is 8.30. The summed E-state index contributed by atoms with van der Waals surface area (Å²) in [4.78, 5) is 34.5. The molecule has 0 atom stereocenters. The van der Waals surface area contributed by atoms with Crippen molar-refractivity contribution in [3.63, 3.8) is 0 Å². The Morgan fingerprint density at radius 1 is 1.13 bits per heavy atom. The average Bonchev–Trinajstić information content (AvgIpc) is 3.18. The molecule has 2 fully saturated rings. The Hall–Kier alpha value is -3.07. The van der Waals surface area contributed by atoms with Crippen LogP contribution < -0.4 is 10.9 Å². The first kappa shape index (κ1) is 19.9. The summed E-state index contributed by atoms with van der Waals surface area (Å²) in [6.07, 6.45) is 7.41. The molecule has 1 amide bonds. The van der Waals surface area contributed by atoms with Crippen LogP contribution in [-0.4, -0.2) is 48.8 Å². The molecule has 2 aromatic heterocycles. The first-order valence-electron chi connectivity index (χ1n) is 10.7. The molecule has 1 saturated heterocycles.